The maximum atomic E-state index is 11.7. The van der Waals surface area contributed by atoms with Crippen molar-refractivity contribution >= 4 is 16.7 Å². The highest BCUT2D eigenvalue weighted by Gasteiger charge is 2.15. The zero-order valence-corrected chi connectivity index (χ0v) is 10.5. The quantitative estimate of drug-likeness (QED) is 0.735. The van der Waals surface area contributed by atoms with E-state index in [1.807, 2.05) is 17.7 Å². The molecule has 0 radical (unpaired) electrons. The van der Waals surface area contributed by atoms with Gasteiger partial charge in [0.25, 0.3) is 0 Å². The monoisotopic (exact) mass is 227 g/mol. The van der Waals surface area contributed by atoms with E-state index in [0.717, 1.165) is 5.52 Å². The van der Waals surface area contributed by atoms with Crippen molar-refractivity contribution in [1.29, 1.82) is 0 Å². The summed E-state index contributed by atoms with van der Waals surface area (Å²) in [7, 11) is 0. The van der Waals surface area contributed by atoms with Crippen LogP contribution < -0.4 is 0 Å². The Morgan fingerprint density at radius 3 is 2.76 bits per heavy atom. The molecule has 2 aromatic rings. The molecule has 0 N–H and O–H groups in total. The van der Waals surface area contributed by atoms with Crippen LogP contribution in [0.25, 0.3) is 10.9 Å². The zero-order valence-electron chi connectivity index (χ0n) is 10.5. The number of fused-ring (bicyclic) bond motifs is 1. The number of rotatable bonds is 3. The van der Waals surface area contributed by atoms with Crippen molar-refractivity contribution in [3.63, 3.8) is 0 Å². The lowest BCUT2D eigenvalue weighted by atomic mass is 10.1. The van der Waals surface area contributed by atoms with Crippen LogP contribution in [0.4, 0.5) is 0 Å². The Labute approximate surface area is 102 Å². The average molecular weight is 227 g/mol. The molecule has 0 spiro atoms. The van der Waals surface area contributed by atoms with E-state index in [-0.39, 0.29) is 11.8 Å². The Bertz CT molecular complexity index is 592. The van der Waals surface area contributed by atoms with Gasteiger partial charge in [-0.2, -0.15) is 0 Å². The Morgan fingerprint density at radius 1 is 1.41 bits per heavy atom. The van der Waals surface area contributed by atoms with Gasteiger partial charge in [0.2, 0.25) is 0 Å². The molecule has 1 aromatic carbocycles. The van der Waals surface area contributed by atoms with Crippen LogP contribution in [-0.2, 0) is 4.79 Å². The minimum absolute atomic E-state index is 0.0440. The normalized spacial score (nSPS) is 12.6. The highest BCUT2D eigenvalue weighted by Crippen LogP contribution is 2.25. The predicted molar refractivity (Wildman–Crippen MR) is 71.3 cm³/mol. The molecule has 2 heteroatoms. The number of carbonyl (C=O) groups excluding carboxylic acids is 1. The fourth-order valence-corrected chi connectivity index (χ4v) is 2.17. The van der Waals surface area contributed by atoms with Crippen LogP contribution in [0.15, 0.2) is 37.1 Å². The number of ketones is 1. The predicted octanol–water partition coefficient (Wildman–Crippen LogP) is 3.57. The molecule has 2 nitrogen and oxygen atoms in total. The maximum Gasteiger partial charge on any atom is 0.177 e. The first kappa shape index (κ1) is 11.6. The van der Waals surface area contributed by atoms with Gasteiger partial charge < -0.3 is 4.57 Å². The topological polar surface area (TPSA) is 22.0 Å². The van der Waals surface area contributed by atoms with E-state index < -0.39 is 0 Å². The van der Waals surface area contributed by atoms with Gasteiger partial charge in [-0.15, -0.1) is 0 Å². The standard InChI is InChI=1S/C15H17NO/c1-5-15(17)12(4)16-9-11(3)13-8-10(2)6-7-14(13)16/h5-9,12H,1H2,2-4H3. The smallest absolute Gasteiger partial charge is 0.177 e. The molecule has 88 valence electrons. The number of allylic oxidation sites excluding steroid dienone is 1. The molecule has 1 unspecified atom stereocenters. The molecule has 0 aliphatic rings. The number of benzene rings is 1. The lowest BCUT2D eigenvalue weighted by Crippen LogP contribution is -2.12. The zero-order chi connectivity index (χ0) is 12.6. The molecule has 17 heavy (non-hydrogen) atoms. The molecule has 0 saturated carbocycles. The summed E-state index contributed by atoms with van der Waals surface area (Å²) < 4.78 is 2.02. The van der Waals surface area contributed by atoms with E-state index in [9.17, 15) is 4.79 Å². The van der Waals surface area contributed by atoms with E-state index >= 15 is 0 Å². The van der Waals surface area contributed by atoms with Crippen LogP contribution in [0, 0.1) is 13.8 Å². The fraction of sp³-hybridized carbons (Fsp3) is 0.267. The van der Waals surface area contributed by atoms with Crippen molar-refractivity contribution in [1.82, 2.24) is 4.57 Å². The molecule has 0 bridgehead atoms. The van der Waals surface area contributed by atoms with Crippen molar-refractivity contribution < 1.29 is 4.79 Å². The van der Waals surface area contributed by atoms with E-state index in [4.69, 9.17) is 0 Å². The minimum Gasteiger partial charge on any atom is -0.337 e. The Kier molecular flexibility index (Phi) is 2.88. The van der Waals surface area contributed by atoms with Crippen LogP contribution in [0.2, 0.25) is 0 Å². The second-order valence-corrected chi connectivity index (χ2v) is 4.52. The molecular formula is C15H17NO. The summed E-state index contributed by atoms with van der Waals surface area (Å²) in [5.74, 6) is 0.0440. The number of nitrogens with zero attached hydrogens (tertiary/aromatic N) is 1. The molecule has 0 fully saturated rings. The van der Waals surface area contributed by atoms with Crippen molar-refractivity contribution in [2.75, 3.05) is 0 Å². The van der Waals surface area contributed by atoms with Gasteiger partial charge in [-0.25, -0.2) is 0 Å². The summed E-state index contributed by atoms with van der Waals surface area (Å²) in [5, 5.41) is 1.22. The summed E-state index contributed by atoms with van der Waals surface area (Å²) in [6.45, 7) is 9.60. The average Bonchev–Trinajstić information content (AvgIpc) is 2.64. The van der Waals surface area contributed by atoms with Crippen molar-refractivity contribution in [2.24, 2.45) is 0 Å². The summed E-state index contributed by atoms with van der Waals surface area (Å²) in [6, 6.07) is 6.12. The van der Waals surface area contributed by atoms with Gasteiger partial charge in [0, 0.05) is 17.1 Å². The summed E-state index contributed by atoms with van der Waals surface area (Å²) in [6.07, 6.45) is 3.43. The highest BCUT2D eigenvalue weighted by atomic mass is 16.1. The van der Waals surface area contributed by atoms with Gasteiger partial charge in [0.05, 0.1) is 6.04 Å². The largest absolute Gasteiger partial charge is 0.337 e. The summed E-state index contributed by atoms with van der Waals surface area (Å²) in [4.78, 5) is 11.7. The lowest BCUT2D eigenvalue weighted by molar-refractivity contribution is -0.117. The van der Waals surface area contributed by atoms with Crippen LogP contribution in [0.5, 0.6) is 0 Å². The third-order valence-electron chi connectivity index (χ3n) is 3.22. The second kappa shape index (κ2) is 4.21. The first-order chi connectivity index (χ1) is 8.04. The number of carbonyl (C=O) groups is 1. The van der Waals surface area contributed by atoms with E-state index in [1.165, 1.54) is 22.6 Å². The van der Waals surface area contributed by atoms with Gasteiger partial charge in [0.15, 0.2) is 5.78 Å². The lowest BCUT2D eigenvalue weighted by Gasteiger charge is -2.11. The molecular weight excluding hydrogens is 210 g/mol. The summed E-state index contributed by atoms with van der Waals surface area (Å²) >= 11 is 0. The van der Waals surface area contributed by atoms with E-state index in [2.05, 4.69) is 38.6 Å². The van der Waals surface area contributed by atoms with E-state index in [0.29, 0.717) is 0 Å². The van der Waals surface area contributed by atoms with Crippen LogP contribution in [0.3, 0.4) is 0 Å². The Balaban J connectivity index is 2.63. The summed E-state index contributed by atoms with van der Waals surface area (Å²) in [5.41, 5.74) is 3.55. The molecule has 1 aromatic heterocycles. The van der Waals surface area contributed by atoms with Crippen molar-refractivity contribution in [2.45, 2.75) is 26.8 Å². The third kappa shape index (κ3) is 1.91. The second-order valence-electron chi connectivity index (χ2n) is 4.52. The Hall–Kier alpha value is -1.83. The SMILES string of the molecule is C=CC(=O)C(C)n1cc(C)c2cc(C)ccc21. The van der Waals surface area contributed by atoms with Gasteiger partial charge in [0.1, 0.15) is 0 Å². The van der Waals surface area contributed by atoms with Gasteiger partial charge in [-0.1, -0.05) is 18.2 Å². The molecule has 0 saturated heterocycles. The van der Waals surface area contributed by atoms with Crippen LogP contribution >= 0.6 is 0 Å². The van der Waals surface area contributed by atoms with Crippen molar-refractivity contribution in [3.05, 3.63) is 48.2 Å². The Morgan fingerprint density at radius 2 is 2.12 bits per heavy atom. The fourth-order valence-electron chi connectivity index (χ4n) is 2.17. The number of hydrogen-bond donors (Lipinski definition) is 0. The number of aryl methyl sites for hydroxylation is 2. The van der Waals surface area contributed by atoms with Crippen molar-refractivity contribution in [3.8, 4) is 0 Å². The highest BCUT2D eigenvalue weighted by molar-refractivity contribution is 5.94. The molecule has 2 rings (SSSR count). The van der Waals surface area contributed by atoms with E-state index in [1.54, 1.807) is 0 Å². The number of hydrogen-bond acceptors (Lipinski definition) is 1. The number of aromatic nitrogens is 1. The first-order valence-corrected chi connectivity index (χ1v) is 5.78. The molecule has 0 amide bonds. The minimum atomic E-state index is -0.189. The van der Waals surface area contributed by atoms with Crippen LogP contribution in [-0.4, -0.2) is 10.4 Å². The van der Waals surface area contributed by atoms with Gasteiger partial charge >= 0.3 is 0 Å². The molecule has 1 atom stereocenters. The van der Waals surface area contributed by atoms with Gasteiger partial charge in [-0.3, -0.25) is 4.79 Å². The molecule has 1 heterocycles. The van der Waals surface area contributed by atoms with Gasteiger partial charge in [-0.05, 0) is 44.5 Å². The third-order valence-corrected chi connectivity index (χ3v) is 3.22. The molecule has 0 aliphatic carbocycles. The maximum absolute atomic E-state index is 11.7. The van der Waals surface area contributed by atoms with Crippen LogP contribution in [0.1, 0.15) is 24.1 Å². The first-order valence-electron chi connectivity index (χ1n) is 5.78. The molecule has 0 aliphatic heterocycles.